The maximum atomic E-state index is 11.9. The lowest BCUT2D eigenvalue weighted by molar-refractivity contribution is -0.116. The summed E-state index contributed by atoms with van der Waals surface area (Å²) >= 11 is 5.80. The van der Waals surface area contributed by atoms with Crippen LogP contribution in [0.3, 0.4) is 0 Å². The lowest BCUT2D eigenvalue weighted by Gasteiger charge is -2.04. The van der Waals surface area contributed by atoms with Crippen molar-refractivity contribution in [1.82, 2.24) is 20.3 Å². The van der Waals surface area contributed by atoms with E-state index in [-0.39, 0.29) is 12.5 Å². The SMILES string of the molecule is O=C(Cn1cc(CNC2CC2)nn1)Nc1ccc(Cl)cc1. The second-order valence-electron chi connectivity index (χ2n) is 5.12. The zero-order valence-corrected chi connectivity index (χ0v) is 12.2. The van der Waals surface area contributed by atoms with Gasteiger partial charge in [-0.1, -0.05) is 16.8 Å². The van der Waals surface area contributed by atoms with Gasteiger partial charge in [-0.15, -0.1) is 5.10 Å². The first kappa shape index (κ1) is 14.0. The van der Waals surface area contributed by atoms with Crippen LogP contribution < -0.4 is 10.6 Å². The Morgan fingerprint density at radius 1 is 1.33 bits per heavy atom. The third kappa shape index (κ3) is 4.27. The number of anilines is 1. The van der Waals surface area contributed by atoms with Crippen molar-refractivity contribution < 1.29 is 4.79 Å². The highest BCUT2D eigenvalue weighted by atomic mass is 35.5. The van der Waals surface area contributed by atoms with Crippen molar-refractivity contribution in [2.75, 3.05) is 5.32 Å². The smallest absolute Gasteiger partial charge is 0.246 e. The minimum atomic E-state index is -0.149. The van der Waals surface area contributed by atoms with E-state index in [4.69, 9.17) is 11.6 Å². The molecule has 2 aromatic rings. The van der Waals surface area contributed by atoms with Crippen molar-refractivity contribution in [1.29, 1.82) is 0 Å². The first-order valence-corrected chi connectivity index (χ1v) is 7.24. The van der Waals surface area contributed by atoms with Gasteiger partial charge in [-0.05, 0) is 37.1 Å². The zero-order chi connectivity index (χ0) is 14.7. The molecule has 1 saturated carbocycles. The third-order valence-corrected chi connectivity index (χ3v) is 3.42. The van der Waals surface area contributed by atoms with Gasteiger partial charge >= 0.3 is 0 Å². The molecule has 1 aliphatic carbocycles. The predicted octanol–water partition coefficient (Wildman–Crippen LogP) is 1.82. The number of amides is 1. The summed E-state index contributed by atoms with van der Waals surface area (Å²) in [5.41, 5.74) is 1.56. The molecular weight excluding hydrogens is 290 g/mol. The number of carbonyl (C=O) groups is 1. The van der Waals surface area contributed by atoms with Crippen LogP contribution in [0.5, 0.6) is 0 Å². The van der Waals surface area contributed by atoms with Gasteiger partial charge in [0.1, 0.15) is 6.54 Å². The van der Waals surface area contributed by atoms with Crippen LogP contribution in [0.4, 0.5) is 5.69 Å². The van der Waals surface area contributed by atoms with E-state index >= 15 is 0 Å². The van der Waals surface area contributed by atoms with Gasteiger partial charge in [-0.3, -0.25) is 4.79 Å². The summed E-state index contributed by atoms with van der Waals surface area (Å²) in [6.45, 7) is 0.836. The van der Waals surface area contributed by atoms with Crippen molar-refractivity contribution in [2.45, 2.75) is 32.0 Å². The lowest BCUT2D eigenvalue weighted by atomic mass is 10.3. The Morgan fingerprint density at radius 3 is 2.81 bits per heavy atom. The molecule has 3 rings (SSSR count). The average molecular weight is 306 g/mol. The fraction of sp³-hybridized carbons (Fsp3) is 0.357. The molecule has 1 aliphatic rings. The Labute approximate surface area is 127 Å². The fourth-order valence-electron chi connectivity index (χ4n) is 1.91. The quantitative estimate of drug-likeness (QED) is 0.854. The van der Waals surface area contributed by atoms with Crippen LogP contribution in [0.15, 0.2) is 30.5 Å². The number of carbonyl (C=O) groups excluding carboxylic acids is 1. The number of halogens is 1. The molecule has 0 atom stereocenters. The summed E-state index contributed by atoms with van der Waals surface area (Å²) in [4.78, 5) is 11.9. The molecule has 1 heterocycles. The number of nitrogens with one attached hydrogen (secondary N) is 2. The van der Waals surface area contributed by atoms with Crippen LogP contribution in [0.25, 0.3) is 0 Å². The van der Waals surface area contributed by atoms with E-state index in [1.54, 1.807) is 30.5 Å². The molecule has 7 heteroatoms. The van der Waals surface area contributed by atoms with Gasteiger partial charge in [0.05, 0.1) is 11.9 Å². The van der Waals surface area contributed by atoms with Crippen molar-refractivity contribution in [3.05, 3.63) is 41.2 Å². The molecule has 0 saturated heterocycles. The summed E-state index contributed by atoms with van der Waals surface area (Å²) < 4.78 is 1.54. The van der Waals surface area contributed by atoms with E-state index in [0.717, 1.165) is 5.69 Å². The van der Waals surface area contributed by atoms with E-state index in [1.807, 2.05) is 0 Å². The summed E-state index contributed by atoms with van der Waals surface area (Å²) in [7, 11) is 0. The summed E-state index contributed by atoms with van der Waals surface area (Å²) in [6.07, 6.45) is 4.26. The highest BCUT2D eigenvalue weighted by Gasteiger charge is 2.20. The van der Waals surface area contributed by atoms with Crippen LogP contribution in [-0.4, -0.2) is 26.9 Å². The molecule has 0 unspecified atom stereocenters. The molecule has 1 amide bonds. The molecule has 21 heavy (non-hydrogen) atoms. The average Bonchev–Trinajstić information content (AvgIpc) is 3.19. The Balaban J connectivity index is 1.50. The van der Waals surface area contributed by atoms with Crippen molar-refractivity contribution >= 4 is 23.2 Å². The highest BCUT2D eigenvalue weighted by Crippen LogP contribution is 2.18. The molecule has 1 fully saturated rings. The first-order chi connectivity index (χ1) is 10.2. The number of aromatic nitrogens is 3. The monoisotopic (exact) mass is 305 g/mol. The fourth-order valence-corrected chi connectivity index (χ4v) is 2.04. The van der Waals surface area contributed by atoms with E-state index in [0.29, 0.717) is 23.3 Å². The Bertz CT molecular complexity index is 621. The summed E-state index contributed by atoms with van der Waals surface area (Å²) in [5.74, 6) is -0.149. The second kappa shape index (κ2) is 6.24. The van der Waals surface area contributed by atoms with E-state index < -0.39 is 0 Å². The normalized spacial score (nSPS) is 14.1. The molecule has 6 nitrogen and oxygen atoms in total. The highest BCUT2D eigenvalue weighted by molar-refractivity contribution is 6.30. The van der Waals surface area contributed by atoms with Crippen LogP contribution in [-0.2, 0) is 17.9 Å². The van der Waals surface area contributed by atoms with Gasteiger partial charge in [-0.25, -0.2) is 4.68 Å². The molecule has 1 aromatic heterocycles. The van der Waals surface area contributed by atoms with Crippen LogP contribution >= 0.6 is 11.6 Å². The van der Waals surface area contributed by atoms with E-state index in [2.05, 4.69) is 20.9 Å². The van der Waals surface area contributed by atoms with Gasteiger partial charge in [0.25, 0.3) is 0 Å². The second-order valence-corrected chi connectivity index (χ2v) is 5.55. The summed E-state index contributed by atoms with van der Waals surface area (Å²) in [6, 6.07) is 7.60. The molecule has 0 radical (unpaired) electrons. The van der Waals surface area contributed by atoms with E-state index in [9.17, 15) is 4.79 Å². The topological polar surface area (TPSA) is 71.8 Å². The molecule has 0 bridgehead atoms. The predicted molar refractivity (Wildman–Crippen MR) is 80.0 cm³/mol. The van der Waals surface area contributed by atoms with Crippen LogP contribution in [0.2, 0.25) is 5.02 Å². The Morgan fingerprint density at radius 2 is 2.10 bits per heavy atom. The zero-order valence-electron chi connectivity index (χ0n) is 11.4. The number of nitrogens with zero attached hydrogens (tertiary/aromatic N) is 3. The van der Waals surface area contributed by atoms with Crippen LogP contribution in [0, 0.1) is 0 Å². The van der Waals surface area contributed by atoms with Gasteiger partial charge in [0.2, 0.25) is 5.91 Å². The minimum Gasteiger partial charge on any atom is -0.324 e. The number of rotatable bonds is 6. The van der Waals surface area contributed by atoms with Crippen LogP contribution in [0.1, 0.15) is 18.5 Å². The Hall–Kier alpha value is -1.92. The third-order valence-electron chi connectivity index (χ3n) is 3.17. The number of hydrogen-bond acceptors (Lipinski definition) is 4. The summed E-state index contributed by atoms with van der Waals surface area (Å²) in [5, 5.41) is 14.8. The van der Waals surface area contributed by atoms with Gasteiger partial charge < -0.3 is 10.6 Å². The largest absolute Gasteiger partial charge is 0.324 e. The standard InChI is InChI=1S/C14H16ClN5O/c15-10-1-3-12(4-2-10)17-14(21)9-20-8-13(18-19-20)7-16-11-5-6-11/h1-4,8,11,16H,5-7,9H2,(H,17,21). The van der Waals surface area contributed by atoms with Gasteiger partial charge in [0, 0.05) is 23.3 Å². The minimum absolute atomic E-state index is 0.138. The van der Waals surface area contributed by atoms with Gasteiger partial charge in [0.15, 0.2) is 0 Å². The van der Waals surface area contributed by atoms with Crippen molar-refractivity contribution in [2.24, 2.45) is 0 Å². The van der Waals surface area contributed by atoms with Crippen molar-refractivity contribution in [3.8, 4) is 0 Å². The maximum Gasteiger partial charge on any atom is 0.246 e. The van der Waals surface area contributed by atoms with Gasteiger partial charge in [-0.2, -0.15) is 0 Å². The Kier molecular flexibility index (Phi) is 4.17. The molecule has 1 aromatic carbocycles. The molecule has 0 aliphatic heterocycles. The molecule has 0 spiro atoms. The molecule has 110 valence electrons. The maximum absolute atomic E-state index is 11.9. The number of benzene rings is 1. The van der Waals surface area contributed by atoms with E-state index in [1.165, 1.54) is 17.5 Å². The van der Waals surface area contributed by atoms with Crippen molar-refractivity contribution in [3.63, 3.8) is 0 Å². The molecular formula is C14H16ClN5O. The molecule has 2 N–H and O–H groups in total. The number of hydrogen-bond donors (Lipinski definition) is 2. The first-order valence-electron chi connectivity index (χ1n) is 6.87. The lowest BCUT2D eigenvalue weighted by Crippen LogP contribution is -2.19.